The summed E-state index contributed by atoms with van der Waals surface area (Å²) in [5, 5.41) is 2.46. The van der Waals surface area contributed by atoms with Crippen LogP contribution < -0.4 is 10.1 Å². The van der Waals surface area contributed by atoms with Gasteiger partial charge in [0, 0.05) is 5.41 Å². The Morgan fingerprint density at radius 3 is 2.44 bits per heavy atom. The zero-order valence-corrected chi connectivity index (χ0v) is 14.7. The number of Topliss-reactive ketones (excluding diaryl/α,β-unsaturated/α-hetero) is 1. The Kier molecular flexibility index (Phi) is 7.18. The lowest BCUT2D eigenvalue weighted by Gasteiger charge is -2.20. The molecule has 9 heteroatoms. The van der Waals surface area contributed by atoms with Gasteiger partial charge in [0.1, 0.15) is 11.5 Å². The van der Waals surface area contributed by atoms with Crippen molar-refractivity contribution in [2.45, 2.75) is 51.9 Å². The maximum absolute atomic E-state index is 12.4. The molecule has 0 radical (unpaired) electrons. The predicted molar refractivity (Wildman–Crippen MR) is 87.5 cm³/mol. The highest BCUT2D eigenvalue weighted by atomic mass is 19.3. The number of ether oxygens (including phenoxy) is 2. The van der Waals surface area contributed by atoms with Crippen molar-refractivity contribution in [2.24, 2.45) is 5.41 Å². The molecule has 2 rings (SSSR count). The fraction of sp³-hybridized carbons (Fsp3) is 0.556. The maximum Gasteiger partial charge on any atom is 0.387 e. The Morgan fingerprint density at radius 2 is 1.89 bits per heavy atom. The second-order valence-corrected chi connectivity index (χ2v) is 6.40. The summed E-state index contributed by atoms with van der Waals surface area (Å²) in [4.78, 5) is 24.4. The summed E-state index contributed by atoms with van der Waals surface area (Å²) in [6.45, 7) is -4.83. The molecule has 150 valence electrons. The zero-order chi connectivity index (χ0) is 20.0. The highest BCUT2D eigenvalue weighted by Crippen LogP contribution is 2.50. The summed E-state index contributed by atoms with van der Waals surface area (Å²) in [6.07, 6.45) is 1.75. The average Bonchev–Trinajstić information content (AvgIpc) is 3.39. The minimum atomic E-state index is -3.07. The van der Waals surface area contributed by atoms with Crippen LogP contribution in [0.3, 0.4) is 0 Å². The van der Waals surface area contributed by atoms with Crippen molar-refractivity contribution in [1.29, 1.82) is 0 Å². The molecule has 0 heterocycles. The van der Waals surface area contributed by atoms with E-state index in [2.05, 4.69) is 14.8 Å². The normalized spacial score (nSPS) is 16.3. The van der Waals surface area contributed by atoms with Crippen LogP contribution in [0.2, 0.25) is 0 Å². The van der Waals surface area contributed by atoms with Gasteiger partial charge in [0.2, 0.25) is 5.91 Å². The Labute approximate surface area is 154 Å². The SMILES string of the molecule is CCC1(C(=O)CC(=O)N[C@@H](COC(F)F)c2cccc(OC(F)F)c2)CC1. The molecule has 0 aromatic heterocycles. The fourth-order valence-electron chi connectivity index (χ4n) is 2.86. The smallest absolute Gasteiger partial charge is 0.387 e. The molecule has 1 aliphatic carbocycles. The van der Waals surface area contributed by atoms with E-state index < -0.39 is 37.2 Å². The number of hydrogen-bond acceptors (Lipinski definition) is 4. The molecule has 1 aromatic carbocycles. The van der Waals surface area contributed by atoms with E-state index in [4.69, 9.17) is 0 Å². The molecular formula is C18H21F4NO4. The summed E-state index contributed by atoms with van der Waals surface area (Å²) in [6, 6.07) is 4.26. The molecule has 1 saturated carbocycles. The molecular weight excluding hydrogens is 370 g/mol. The number of carbonyl (C=O) groups is 2. The average molecular weight is 391 g/mol. The summed E-state index contributed by atoms with van der Waals surface area (Å²) in [5.74, 6) is -1.01. The van der Waals surface area contributed by atoms with Crippen LogP contribution >= 0.6 is 0 Å². The van der Waals surface area contributed by atoms with Gasteiger partial charge in [0.25, 0.3) is 0 Å². The largest absolute Gasteiger partial charge is 0.435 e. The lowest BCUT2D eigenvalue weighted by Crippen LogP contribution is -2.34. The van der Waals surface area contributed by atoms with Crippen molar-refractivity contribution >= 4 is 11.7 Å². The van der Waals surface area contributed by atoms with Gasteiger partial charge >= 0.3 is 13.2 Å². The van der Waals surface area contributed by atoms with Crippen molar-refractivity contribution in [3.63, 3.8) is 0 Å². The van der Waals surface area contributed by atoms with Gasteiger partial charge in [-0.2, -0.15) is 17.6 Å². The summed E-state index contributed by atoms with van der Waals surface area (Å²) < 4.78 is 58.1. The van der Waals surface area contributed by atoms with E-state index in [1.807, 2.05) is 6.92 Å². The van der Waals surface area contributed by atoms with Crippen LogP contribution in [0.1, 0.15) is 44.2 Å². The number of nitrogens with one attached hydrogen (secondary N) is 1. The van der Waals surface area contributed by atoms with Crippen molar-refractivity contribution < 1.29 is 36.6 Å². The van der Waals surface area contributed by atoms with Gasteiger partial charge in [-0.25, -0.2) is 0 Å². The van der Waals surface area contributed by atoms with Crippen LogP contribution in [0.4, 0.5) is 17.6 Å². The monoisotopic (exact) mass is 391 g/mol. The number of alkyl halides is 4. The quantitative estimate of drug-likeness (QED) is 0.460. The van der Waals surface area contributed by atoms with E-state index >= 15 is 0 Å². The van der Waals surface area contributed by atoms with E-state index in [-0.39, 0.29) is 23.5 Å². The van der Waals surface area contributed by atoms with Crippen LogP contribution in [-0.4, -0.2) is 31.5 Å². The molecule has 0 aliphatic heterocycles. The molecule has 1 N–H and O–H groups in total. The molecule has 0 spiro atoms. The first-order valence-electron chi connectivity index (χ1n) is 8.53. The zero-order valence-electron chi connectivity index (χ0n) is 14.7. The third kappa shape index (κ3) is 6.20. The van der Waals surface area contributed by atoms with Gasteiger partial charge in [-0.3, -0.25) is 9.59 Å². The number of ketones is 1. The van der Waals surface area contributed by atoms with Crippen LogP contribution in [0, 0.1) is 5.41 Å². The molecule has 1 amide bonds. The lowest BCUT2D eigenvalue weighted by molar-refractivity contribution is -0.140. The third-order valence-electron chi connectivity index (χ3n) is 4.65. The van der Waals surface area contributed by atoms with E-state index in [9.17, 15) is 27.2 Å². The molecule has 0 saturated heterocycles. The Balaban J connectivity index is 2.07. The van der Waals surface area contributed by atoms with Gasteiger partial charge in [-0.15, -0.1) is 0 Å². The molecule has 1 aliphatic rings. The molecule has 0 unspecified atom stereocenters. The number of amides is 1. The Hall–Kier alpha value is -2.16. The Morgan fingerprint density at radius 1 is 1.19 bits per heavy atom. The van der Waals surface area contributed by atoms with E-state index in [1.54, 1.807) is 0 Å². The molecule has 27 heavy (non-hydrogen) atoms. The molecule has 1 aromatic rings. The number of halogens is 4. The van der Waals surface area contributed by atoms with E-state index in [0.717, 1.165) is 12.8 Å². The van der Waals surface area contributed by atoms with E-state index in [0.29, 0.717) is 6.42 Å². The minimum Gasteiger partial charge on any atom is -0.435 e. The first kappa shape index (κ1) is 21.1. The van der Waals surface area contributed by atoms with Gasteiger partial charge in [-0.1, -0.05) is 19.1 Å². The second kappa shape index (κ2) is 9.16. The first-order valence-corrected chi connectivity index (χ1v) is 8.53. The van der Waals surface area contributed by atoms with Gasteiger partial charge in [0.15, 0.2) is 0 Å². The Bertz CT molecular complexity index is 665. The lowest BCUT2D eigenvalue weighted by atomic mass is 9.95. The summed E-state index contributed by atoms with van der Waals surface area (Å²) >= 11 is 0. The predicted octanol–water partition coefficient (Wildman–Crippen LogP) is 3.83. The summed E-state index contributed by atoms with van der Waals surface area (Å²) in [5.41, 5.74) is -0.205. The van der Waals surface area contributed by atoms with Gasteiger partial charge in [0.05, 0.1) is 19.1 Å². The van der Waals surface area contributed by atoms with Crippen LogP contribution in [-0.2, 0) is 14.3 Å². The molecule has 1 atom stereocenters. The molecule has 5 nitrogen and oxygen atoms in total. The number of hydrogen-bond donors (Lipinski definition) is 1. The van der Waals surface area contributed by atoms with Crippen molar-refractivity contribution in [3.05, 3.63) is 29.8 Å². The second-order valence-electron chi connectivity index (χ2n) is 6.40. The fourth-order valence-corrected chi connectivity index (χ4v) is 2.86. The first-order chi connectivity index (χ1) is 12.8. The van der Waals surface area contributed by atoms with Crippen LogP contribution in [0.15, 0.2) is 24.3 Å². The molecule has 1 fully saturated rings. The molecule has 0 bridgehead atoms. The van der Waals surface area contributed by atoms with Crippen molar-refractivity contribution in [2.75, 3.05) is 6.61 Å². The van der Waals surface area contributed by atoms with Gasteiger partial charge < -0.3 is 14.8 Å². The minimum absolute atomic E-state index is 0.183. The van der Waals surface area contributed by atoms with Crippen LogP contribution in [0.5, 0.6) is 5.75 Å². The highest BCUT2D eigenvalue weighted by Gasteiger charge is 2.47. The highest BCUT2D eigenvalue weighted by molar-refractivity contribution is 6.02. The summed E-state index contributed by atoms with van der Waals surface area (Å²) in [7, 11) is 0. The number of carbonyl (C=O) groups excluding carboxylic acids is 2. The van der Waals surface area contributed by atoms with Gasteiger partial charge in [-0.05, 0) is 37.0 Å². The van der Waals surface area contributed by atoms with Crippen molar-refractivity contribution in [1.82, 2.24) is 5.32 Å². The third-order valence-corrected chi connectivity index (χ3v) is 4.65. The van der Waals surface area contributed by atoms with Crippen molar-refractivity contribution in [3.8, 4) is 5.75 Å². The van der Waals surface area contributed by atoms with E-state index in [1.165, 1.54) is 24.3 Å². The number of benzene rings is 1. The maximum atomic E-state index is 12.4. The number of rotatable bonds is 11. The topological polar surface area (TPSA) is 64.6 Å². The van der Waals surface area contributed by atoms with Crippen LogP contribution in [0.25, 0.3) is 0 Å². The standard InChI is InChI=1S/C18H21F4NO4/c1-2-18(6-7-18)14(24)9-15(25)23-13(10-26-16(19)20)11-4-3-5-12(8-11)27-17(21)22/h3-5,8,13,16-17H,2,6-7,9-10H2,1H3,(H,23,25)/t13-/m0/s1.